The summed E-state index contributed by atoms with van der Waals surface area (Å²) in [5.74, 6) is 1.06. The van der Waals surface area contributed by atoms with Crippen LogP contribution in [-0.2, 0) is 0 Å². The van der Waals surface area contributed by atoms with Crippen LogP contribution in [0.25, 0.3) is 33.1 Å². The summed E-state index contributed by atoms with van der Waals surface area (Å²) in [5, 5.41) is 2.14. The molecule has 0 unspecified atom stereocenters. The Morgan fingerprint density at radius 2 is 1.76 bits per heavy atom. The SMILES string of the molecule is [B]c1cc(-c2ccc(N3CCCC3)nc2)cc2c1oc1ccccc12. The van der Waals surface area contributed by atoms with Gasteiger partial charge in [0.2, 0.25) is 0 Å². The number of anilines is 1. The third kappa shape index (κ3) is 2.40. The molecule has 0 atom stereocenters. The van der Waals surface area contributed by atoms with E-state index in [2.05, 4.69) is 34.1 Å². The standard InChI is InChI=1S/C21H17BN2O/c22-18-12-15(11-17-16-5-1-2-6-19(16)25-21(17)18)14-7-8-20(23-13-14)24-9-3-4-10-24/h1-2,5-8,11-13H,3-4,9-10H2. The third-order valence-electron chi connectivity index (χ3n) is 5.02. The molecule has 0 bridgehead atoms. The lowest BCUT2D eigenvalue weighted by atomic mass is 9.90. The molecular formula is C21H17BN2O. The zero-order valence-electron chi connectivity index (χ0n) is 13.9. The first-order valence-electron chi connectivity index (χ1n) is 8.72. The first kappa shape index (κ1) is 14.6. The summed E-state index contributed by atoms with van der Waals surface area (Å²) in [5.41, 5.74) is 4.42. The van der Waals surface area contributed by atoms with E-state index >= 15 is 0 Å². The smallest absolute Gasteiger partial charge is 0.135 e. The van der Waals surface area contributed by atoms with Gasteiger partial charge in [0.15, 0.2) is 0 Å². The van der Waals surface area contributed by atoms with E-state index in [1.807, 2.05) is 30.5 Å². The topological polar surface area (TPSA) is 29.3 Å². The van der Waals surface area contributed by atoms with Gasteiger partial charge in [0.25, 0.3) is 0 Å². The number of hydrogen-bond donors (Lipinski definition) is 0. The number of aromatic nitrogens is 1. The molecule has 0 N–H and O–H groups in total. The van der Waals surface area contributed by atoms with Gasteiger partial charge in [-0.15, -0.1) is 0 Å². The molecular weight excluding hydrogens is 307 g/mol. The van der Waals surface area contributed by atoms with E-state index in [1.54, 1.807) is 0 Å². The number of fused-ring (bicyclic) bond motifs is 3. The van der Waals surface area contributed by atoms with Crippen molar-refractivity contribution in [1.82, 2.24) is 4.98 Å². The fourth-order valence-corrected chi connectivity index (χ4v) is 3.71. The highest BCUT2D eigenvalue weighted by molar-refractivity contribution is 6.39. The molecule has 0 saturated carbocycles. The second kappa shape index (κ2) is 5.66. The molecule has 1 saturated heterocycles. The molecule has 2 radical (unpaired) electrons. The molecule has 3 nitrogen and oxygen atoms in total. The number of para-hydroxylation sites is 1. The maximum atomic E-state index is 6.27. The number of furan rings is 1. The van der Waals surface area contributed by atoms with Gasteiger partial charge in [0.1, 0.15) is 24.8 Å². The van der Waals surface area contributed by atoms with E-state index in [4.69, 9.17) is 12.3 Å². The van der Waals surface area contributed by atoms with Crippen molar-refractivity contribution < 1.29 is 4.42 Å². The molecule has 0 aliphatic carbocycles. The molecule has 1 aliphatic heterocycles. The monoisotopic (exact) mass is 324 g/mol. The Morgan fingerprint density at radius 1 is 0.920 bits per heavy atom. The van der Waals surface area contributed by atoms with Crippen LogP contribution in [0.5, 0.6) is 0 Å². The van der Waals surface area contributed by atoms with E-state index in [9.17, 15) is 0 Å². The minimum atomic E-state index is 0.660. The highest BCUT2D eigenvalue weighted by Gasteiger charge is 2.14. The highest BCUT2D eigenvalue weighted by atomic mass is 16.3. The lowest BCUT2D eigenvalue weighted by molar-refractivity contribution is 0.671. The van der Waals surface area contributed by atoms with Crippen LogP contribution in [-0.4, -0.2) is 25.9 Å². The van der Waals surface area contributed by atoms with E-state index in [0.29, 0.717) is 5.46 Å². The van der Waals surface area contributed by atoms with Crippen LogP contribution >= 0.6 is 0 Å². The molecule has 3 heterocycles. The fourth-order valence-electron chi connectivity index (χ4n) is 3.71. The Kier molecular flexibility index (Phi) is 3.30. The van der Waals surface area contributed by atoms with Gasteiger partial charge in [-0.1, -0.05) is 29.7 Å². The second-order valence-corrected chi connectivity index (χ2v) is 6.64. The van der Waals surface area contributed by atoms with Gasteiger partial charge < -0.3 is 9.32 Å². The Bertz CT molecular complexity index is 1060. The van der Waals surface area contributed by atoms with Crippen molar-refractivity contribution in [1.29, 1.82) is 0 Å². The van der Waals surface area contributed by atoms with Crippen molar-refractivity contribution in [2.75, 3.05) is 18.0 Å². The fraction of sp³-hybridized carbons (Fsp3) is 0.190. The Labute approximate surface area is 147 Å². The summed E-state index contributed by atoms with van der Waals surface area (Å²) in [6.07, 6.45) is 4.45. The number of pyridine rings is 1. The molecule has 4 heteroatoms. The first-order chi connectivity index (χ1) is 12.3. The number of nitrogens with zero attached hydrogens (tertiary/aromatic N) is 2. The molecule has 1 aliphatic rings. The zero-order valence-corrected chi connectivity index (χ0v) is 13.9. The highest BCUT2D eigenvalue weighted by Crippen LogP contribution is 2.31. The van der Waals surface area contributed by atoms with Crippen LogP contribution in [0.3, 0.4) is 0 Å². The Morgan fingerprint density at radius 3 is 2.56 bits per heavy atom. The maximum Gasteiger partial charge on any atom is 0.135 e. The van der Waals surface area contributed by atoms with Crippen LogP contribution in [0.15, 0.2) is 59.1 Å². The quantitative estimate of drug-likeness (QED) is 0.521. The molecule has 2 aromatic heterocycles. The average Bonchev–Trinajstić information content (AvgIpc) is 3.30. The van der Waals surface area contributed by atoms with Crippen molar-refractivity contribution in [2.45, 2.75) is 12.8 Å². The minimum absolute atomic E-state index is 0.660. The largest absolute Gasteiger partial charge is 0.457 e. The summed E-state index contributed by atoms with van der Waals surface area (Å²) in [4.78, 5) is 7.00. The molecule has 25 heavy (non-hydrogen) atoms. The lowest BCUT2D eigenvalue weighted by Gasteiger charge is -2.16. The molecule has 5 rings (SSSR count). The van der Waals surface area contributed by atoms with Crippen molar-refractivity contribution in [3.8, 4) is 11.1 Å². The first-order valence-corrected chi connectivity index (χ1v) is 8.72. The van der Waals surface area contributed by atoms with E-state index < -0.39 is 0 Å². The van der Waals surface area contributed by atoms with Gasteiger partial charge in [-0.2, -0.15) is 0 Å². The minimum Gasteiger partial charge on any atom is -0.457 e. The van der Waals surface area contributed by atoms with Crippen LogP contribution in [0.2, 0.25) is 0 Å². The average molecular weight is 324 g/mol. The van der Waals surface area contributed by atoms with E-state index in [0.717, 1.165) is 52.0 Å². The molecule has 120 valence electrons. The number of benzene rings is 2. The summed E-state index contributed by atoms with van der Waals surface area (Å²) < 4.78 is 5.91. The van der Waals surface area contributed by atoms with Gasteiger partial charge in [0.05, 0.1) is 0 Å². The summed E-state index contributed by atoms with van der Waals surface area (Å²) in [6, 6.07) is 16.4. The molecule has 2 aromatic carbocycles. The summed E-state index contributed by atoms with van der Waals surface area (Å²) in [7, 11) is 6.27. The van der Waals surface area contributed by atoms with Gasteiger partial charge in [-0.05, 0) is 42.7 Å². The molecule has 4 aromatic rings. The summed E-state index contributed by atoms with van der Waals surface area (Å²) in [6.45, 7) is 2.21. The van der Waals surface area contributed by atoms with Crippen LogP contribution in [0, 0.1) is 0 Å². The van der Waals surface area contributed by atoms with E-state index in [-0.39, 0.29) is 0 Å². The number of hydrogen-bond acceptors (Lipinski definition) is 3. The second-order valence-electron chi connectivity index (χ2n) is 6.64. The van der Waals surface area contributed by atoms with Crippen molar-refractivity contribution in [3.05, 3.63) is 54.7 Å². The maximum absolute atomic E-state index is 6.27. The van der Waals surface area contributed by atoms with Crippen LogP contribution in [0.1, 0.15) is 12.8 Å². The van der Waals surface area contributed by atoms with Gasteiger partial charge in [-0.25, -0.2) is 4.98 Å². The van der Waals surface area contributed by atoms with Gasteiger partial charge in [0, 0.05) is 35.6 Å². The Balaban J connectivity index is 1.61. The normalized spacial score (nSPS) is 14.6. The molecule has 0 spiro atoms. The molecule has 1 fully saturated rings. The third-order valence-corrected chi connectivity index (χ3v) is 5.02. The predicted molar refractivity (Wildman–Crippen MR) is 104 cm³/mol. The van der Waals surface area contributed by atoms with Crippen molar-refractivity contribution >= 4 is 41.1 Å². The predicted octanol–water partition coefficient (Wildman–Crippen LogP) is 4.04. The van der Waals surface area contributed by atoms with Crippen LogP contribution < -0.4 is 10.4 Å². The van der Waals surface area contributed by atoms with Gasteiger partial charge in [-0.3, -0.25) is 0 Å². The van der Waals surface area contributed by atoms with Crippen molar-refractivity contribution in [2.24, 2.45) is 0 Å². The number of rotatable bonds is 2. The summed E-state index contributed by atoms with van der Waals surface area (Å²) >= 11 is 0. The van der Waals surface area contributed by atoms with Crippen LogP contribution in [0.4, 0.5) is 5.82 Å². The lowest BCUT2D eigenvalue weighted by Crippen LogP contribution is -2.18. The van der Waals surface area contributed by atoms with E-state index in [1.165, 1.54) is 12.8 Å². The molecule has 0 amide bonds. The zero-order chi connectivity index (χ0) is 16.8. The van der Waals surface area contributed by atoms with Gasteiger partial charge >= 0.3 is 0 Å². The Hall–Kier alpha value is -2.75. The van der Waals surface area contributed by atoms with Crippen molar-refractivity contribution in [3.63, 3.8) is 0 Å².